The van der Waals surface area contributed by atoms with Crippen molar-refractivity contribution < 1.29 is 23.3 Å². The van der Waals surface area contributed by atoms with Crippen LogP contribution in [-0.2, 0) is 0 Å². The lowest BCUT2D eigenvalue weighted by Crippen LogP contribution is -2.29. The van der Waals surface area contributed by atoms with Crippen LogP contribution in [0.3, 0.4) is 0 Å². The summed E-state index contributed by atoms with van der Waals surface area (Å²) in [6, 6.07) is 102. The first-order valence-electron chi connectivity index (χ1n) is 34.1. The third-order valence-corrected chi connectivity index (χ3v) is 21.2. The lowest BCUT2D eigenvalue weighted by molar-refractivity contribution is 0.425. The molecule has 0 saturated heterocycles. The minimum atomic E-state index is -1.51. The number of halogens is 2. The third kappa shape index (κ3) is 9.68. The molecule has 16 heteroatoms. The highest BCUT2D eigenvalue weighted by molar-refractivity contribution is 9.10. The molecule has 0 aliphatic heterocycles. The molecule has 0 aliphatic rings. The van der Waals surface area contributed by atoms with Gasteiger partial charge in [-0.25, -0.2) is 19.9 Å². The normalized spacial score (nSPS) is 11.9. The molecule has 23 aromatic rings. The molecule has 0 bridgehead atoms. The quantitative estimate of drug-likeness (QED) is 0.161. The van der Waals surface area contributed by atoms with Gasteiger partial charge in [-0.1, -0.05) is 209 Å². The van der Waals surface area contributed by atoms with Crippen LogP contribution >= 0.6 is 31.9 Å². The number of benzene rings is 14. The lowest BCUT2D eigenvalue weighted by Gasteiger charge is -2.13. The summed E-state index contributed by atoms with van der Waals surface area (Å²) in [5, 5.41) is 31.4. The standard InChI is InChI=1S/C50H28N4O2.C26H14Br2N4.C12H9BO3.CH4/c1-4-18-40-37(13-1)49-51-41-19-5-6-20-44(41)54(49)50(52-40)53-42-25-23-29(31-14-9-16-35-33-11-2-7-21-45(33)55-47(31)35)27-38(42)39-28-30(24-26-43(39)53)32-15-10-17-36-34-12-3-8-22-46(34)56-48(32)36;27-15-9-11-22-18(13-15)19-14-16(28)10-12-23(19)31(22)26-30-20-6-2-1-5-17(20)25-29-21-7-3-4-8-24(21)32(25)26;14-13(15)10-6-3-5-9-8-4-1-2-7-11(8)16-12(9)10;/h1-28H;1-14H;1-7,14-15H;1H4. The maximum Gasteiger partial charge on any atom is 0.492 e. The summed E-state index contributed by atoms with van der Waals surface area (Å²) in [6.45, 7) is 0. The highest BCUT2D eigenvalue weighted by Gasteiger charge is 2.26. The minimum Gasteiger partial charge on any atom is -0.456 e. The maximum absolute atomic E-state index is 9.24. The van der Waals surface area contributed by atoms with Crippen molar-refractivity contribution in [1.82, 2.24) is 37.9 Å². The molecular weight excluding hydrogens is 1430 g/mol. The Morgan fingerprint density at radius 2 is 0.629 bits per heavy atom. The second kappa shape index (κ2) is 24.2. The van der Waals surface area contributed by atoms with Crippen molar-refractivity contribution in [2.24, 2.45) is 0 Å². The van der Waals surface area contributed by atoms with Gasteiger partial charge in [-0.15, -0.1) is 0 Å². The van der Waals surface area contributed by atoms with Crippen molar-refractivity contribution in [2.75, 3.05) is 0 Å². The Balaban J connectivity index is 0.000000125. The van der Waals surface area contributed by atoms with Gasteiger partial charge in [0, 0.05) is 90.2 Å². The van der Waals surface area contributed by atoms with Crippen LogP contribution in [0.5, 0.6) is 0 Å². The van der Waals surface area contributed by atoms with Gasteiger partial charge >= 0.3 is 7.12 Å². The van der Waals surface area contributed by atoms with E-state index in [0.717, 1.165) is 191 Å². The Hall–Kier alpha value is -12.7. The van der Waals surface area contributed by atoms with Crippen LogP contribution < -0.4 is 5.46 Å². The number of aromatic nitrogens is 8. The van der Waals surface area contributed by atoms with Crippen molar-refractivity contribution in [3.63, 3.8) is 0 Å². The first kappa shape index (κ1) is 62.1. The maximum atomic E-state index is 9.24. The highest BCUT2D eigenvalue weighted by Crippen LogP contribution is 2.44. The third-order valence-electron chi connectivity index (χ3n) is 20.3. The van der Waals surface area contributed by atoms with Crippen molar-refractivity contribution in [2.45, 2.75) is 7.43 Å². The highest BCUT2D eigenvalue weighted by atomic mass is 79.9. The molecule has 0 spiro atoms. The molecule has 9 aromatic heterocycles. The van der Waals surface area contributed by atoms with E-state index >= 15 is 0 Å². The molecule has 105 heavy (non-hydrogen) atoms. The summed E-state index contributed by atoms with van der Waals surface area (Å²) in [4.78, 5) is 20.8. The van der Waals surface area contributed by atoms with E-state index < -0.39 is 7.12 Å². The minimum absolute atomic E-state index is 0. The van der Waals surface area contributed by atoms with Crippen molar-refractivity contribution in [3.8, 4) is 34.2 Å². The number of para-hydroxylation sites is 12. The number of fused-ring (bicyclic) bond motifs is 25. The lowest BCUT2D eigenvalue weighted by atomic mass is 9.79. The Morgan fingerprint density at radius 3 is 1.07 bits per heavy atom. The second-order valence-corrected chi connectivity index (χ2v) is 27.9. The van der Waals surface area contributed by atoms with Gasteiger partial charge in [-0.05, 0) is 139 Å². The molecule has 13 nitrogen and oxygen atoms in total. The molecular formula is C89H55BBr2N8O5. The Labute approximate surface area is 613 Å². The number of furan rings is 3. The molecule has 498 valence electrons. The fourth-order valence-electron chi connectivity index (χ4n) is 15.6. The Bertz CT molecular complexity index is 7320. The predicted molar refractivity (Wildman–Crippen MR) is 436 cm³/mol. The second-order valence-electron chi connectivity index (χ2n) is 26.1. The molecule has 2 N–H and O–H groups in total. The van der Waals surface area contributed by atoms with E-state index in [0.29, 0.717) is 11.0 Å². The molecule has 0 radical (unpaired) electrons. The number of rotatable bonds is 5. The molecule has 0 saturated carbocycles. The van der Waals surface area contributed by atoms with Crippen molar-refractivity contribution in [1.29, 1.82) is 0 Å². The summed E-state index contributed by atoms with van der Waals surface area (Å²) in [6.07, 6.45) is 0. The SMILES string of the molecule is Brc1ccc2c(c1)c1cc(Br)ccc1n2-c1nc2ccccc2c2nc3ccccc3n12.C.OB(O)c1cccc2c1oc1ccccc12.c1ccc2c(c1)nc(-n1c3ccc(-c4cccc5c4oc4ccccc45)cc3c3cc(-c4cccc5c4oc4ccccc45)ccc31)n1c3ccccc3nc21. The van der Waals surface area contributed by atoms with Crippen LogP contribution in [0.15, 0.2) is 319 Å². The van der Waals surface area contributed by atoms with Gasteiger partial charge in [0.25, 0.3) is 0 Å². The monoisotopic (exact) mass is 1480 g/mol. The molecule has 14 aromatic carbocycles. The molecule has 0 amide bonds. The van der Waals surface area contributed by atoms with Crippen LogP contribution in [0.25, 0.3) is 199 Å². The number of hydrogen-bond acceptors (Lipinski definition) is 9. The van der Waals surface area contributed by atoms with Crippen LogP contribution in [0.4, 0.5) is 0 Å². The number of hydrogen-bond donors (Lipinski definition) is 2. The van der Waals surface area contributed by atoms with E-state index in [9.17, 15) is 10.0 Å². The zero-order chi connectivity index (χ0) is 69.0. The molecule has 9 heterocycles. The number of imidazole rings is 2. The topological polar surface area (TPSA) is 150 Å². The van der Waals surface area contributed by atoms with E-state index in [4.69, 9.17) is 33.2 Å². The average molecular weight is 1490 g/mol. The van der Waals surface area contributed by atoms with Gasteiger partial charge in [0.2, 0.25) is 11.9 Å². The van der Waals surface area contributed by atoms with Crippen LogP contribution in [0, 0.1) is 0 Å². The molecule has 0 unspecified atom stereocenters. The molecule has 0 atom stereocenters. The Morgan fingerprint density at radius 1 is 0.286 bits per heavy atom. The summed E-state index contributed by atoms with van der Waals surface area (Å²) < 4.78 is 29.7. The summed E-state index contributed by atoms with van der Waals surface area (Å²) in [5.41, 5.74) is 21.3. The van der Waals surface area contributed by atoms with E-state index in [1.807, 2.05) is 84.9 Å². The van der Waals surface area contributed by atoms with E-state index in [2.05, 4.69) is 250 Å². The summed E-state index contributed by atoms with van der Waals surface area (Å²) in [7, 11) is -1.51. The fourth-order valence-corrected chi connectivity index (χ4v) is 16.4. The smallest absolute Gasteiger partial charge is 0.456 e. The van der Waals surface area contributed by atoms with Crippen molar-refractivity contribution >= 4 is 209 Å². The van der Waals surface area contributed by atoms with E-state index in [1.54, 1.807) is 12.1 Å². The van der Waals surface area contributed by atoms with E-state index in [1.165, 1.54) is 10.8 Å². The van der Waals surface area contributed by atoms with Gasteiger partial charge in [-0.3, -0.25) is 17.9 Å². The average Bonchev–Trinajstić information content (AvgIpc) is 1.56. The van der Waals surface area contributed by atoms with Crippen LogP contribution in [0.2, 0.25) is 0 Å². The summed E-state index contributed by atoms with van der Waals surface area (Å²) >= 11 is 7.30. The first-order chi connectivity index (χ1) is 51.2. The van der Waals surface area contributed by atoms with E-state index in [-0.39, 0.29) is 7.43 Å². The molecule has 0 aliphatic carbocycles. The zero-order valence-corrected chi connectivity index (χ0v) is 58.0. The van der Waals surface area contributed by atoms with Gasteiger partial charge < -0.3 is 23.3 Å². The van der Waals surface area contributed by atoms with Gasteiger partial charge in [0.05, 0.1) is 55.2 Å². The van der Waals surface area contributed by atoms with Crippen molar-refractivity contribution in [3.05, 3.63) is 306 Å². The Kier molecular flexibility index (Phi) is 14.3. The van der Waals surface area contributed by atoms with Gasteiger partial charge in [-0.2, -0.15) is 0 Å². The first-order valence-corrected chi connectivity index (χ1v) is 35.7. The van der Waals surface area contributed by atoms with Crippen LogP contribution in [0.1, 0.15) is 7.43 Å². The van der Waals surface area contributed by atoms with Gasteiger partial charge in [0.15, 0.2) is 0 Å². The molecule has 0 fully saturated rings. The summed E-state index contributed by atoms with van der Waals surface area (Å²) in [5.74, 6) is 1.61. The largest absolute Gasteiger partial charge is 0.492 e. The van der Waals surface area contributed by atoms with Gasteiger partial charge in [0.1, 0.15) is 44.8 Å². The molecule has 23 rings (SSSR count). The predicted octanol–water partition coefficient (Wildman–Crippen LogP) is 22.8. The van der Waals surface area contributed by atoms with Crippen LogP contribution in [-0.4, -0.2) is 55.0 Å². The number of nitrogens with zero attached hydrogens (tertiary/aromatic N) is 8. The fraction of sp³-hybridized carbons (Fsp3) is 0.0112. The zero-order valence-electron chi connectivity index (χ0n) is 54.8.